The molecule has 0 saturated carbocycles. The maximum atomic E-state index is 11.7. The van der Waals surface area contributed by atoms with Gasteiger partial charge >= 0.3 is 10.2 Å². The average Bonchev–Trinajstić information content (AvgIpc) is 2.70. The fraction of sp³-hybridized carbons (Fsp3) is 0.364. The molecule has 1 fully saturated rings. The van der Waals surface area contributed by atoms with E-state index in [-0.39, 0.29) is 24.5 Å². The Morgan fingerprint density at radius 2 is 2.26 bits per heavy atom. The highest BCUT2D eigenvalue weighted by atomic mass is 32.2. The van der Waals surface area contributed by atoms with Gasteiger partial charge in [-0.25, -0.2) is 9.79 Å². The lowest BCUT2D eigenvalue weighted by Gasteiger charge is -2.17. The molecule has 1 aliphatic rings. The molecule has 1 aliphatic heterocycles. The van der Waals surface area contributed by atoms with Gasteiger partial charge in [0.25, 0.3) is 0 Å². The summed E-state index contributed by atoms with van der Waals surface area (Å²) in [6.07, 6.45) is 1.92. The van der Waals surface area contributed by atoms with Gasteiger partial charge in [0.15, 0.2) is 0 Å². The maximum Gasteiger partial charge on any atom is 0.301 e. The summed E-state index contributed by atoms with van der Waals surface area (Å²) in [7, 11) is -3.54. The van der Waals surface area contributed by atoms with Crippen LogP contribution in [0.25, 0.3) is 0 Å². The topological polar surface area (TPSA) is 99.1 Å². The van der Waals surface area contributed by atoms with Crippen LogP contribution in [0.4, 0.5) is 5.69 Å². The molecule has 0 unspecified atom stereocenters. The largest absolute Gasteiger partial charge is 0.506 e. The first-order valence-electron chi connectivity index (χ1n) is 5.67. The number of carbonyl (C=O) groups excluding carboxylic acids is 1. The number of anilines is 1. The van der Waals surface area contributed by atoms with Crippen molar-refractivity contribution in [3.63, 3.8) is 0 Å². The van der Waals surface area contributed by atoms with Crippen LogP contribution in [0.3, 0.4) is 0 Å². The number of phenolic OH excluding ortho intramolecular Hbond substituents is 1. The first-order valence-corrected chi connectivity index (χ1v) is 7.11. The third-order valence-electron chi connectivity index (χ3n) is 2.77. The molecule has 102 valence electrons. The van der Waals surface area contributed by atoms with Gasteiger partial charge in [-0.15, -0.1) is 0 Å². The molecule has 0 bridgehead atoms. The molecular formula is C11H13N3O4S. The molecule has 0 radical (unpaired) electrons. The summed E-state index contributed by atoms with van der Waals surface area (Å²) >= 11 is 0. The number of rotatable bonds is 4. The molecule has 1 heterocycles. The molecular weight excluding hydrogens is 270 g/mol. The van der Waals surface area contributed by atoms with Crippen LogP contribution in [-0.2, 0) is 21.4 Å². The smallest absolute Gasteiger partial charge is 0.301 e. The number of hydrogen-bond donors (Lipinski definition) is 2. The Kier molecular flexibility index (Phi) is 3.84. The minimum atomic E-state index is -3.54. The fourth-order valence-electron chi connectivity index (χ4n) is 1.89. The Balaban J connectivity index is 2.22. The Morgan fingerprint density at radius 3 is 2.84 bits per heavy atom. The van der Waals surface area contributed by atoms with E-state index in [0.717, 1.165) is 9.87 Å². The number of aliphatic imine (C=N–C) groups is 1. The van der Waals surface area contributed by atoms with Crippen LogP contribution in [0, 0.1) is 0 Å². The number of benzene rings is 1. The molecule has 7 nitrogen and oxygen atoms in total. The summed E-state index contributed by atoms with van der Waals surface area (Å²) in [5, 5.41) is 9.90. The van der Waals surface area contributed by atoms with Crippen molar-refractivity contribution < 1.29 is 18.3 Å². The summed E-state index contributed by atoms with van der Waals surface area (Å²) in [5.74, 6) is -0.111. The van der Waals surface area contributed by atoms with E-state index in [2.05, 4.69) is 9.71 Å². The van der Waals surface area contributed by atoms with Gasteiger partial charge in [0.1, 0.15) is 5.75 Å². The second-order valence-electron chi connectivity index (χ2n) is 4.02. The lowest BCUT2D eigenvalue weighted by molar-refractivity contribution is 0.475. The van der Waals surface area contributed by atoms with E-state index in [1.165, 1.54) is 12.1 Å². The molecule has 0 aromatic heterocycles. The SMILES string of the molecule is O=C=NCCc1ccc(N2CCNS2(=O)=O)c(O)c1. The highest BCUT2D eigenvalue weighted by molar-refractivity contribution is 7.91. The number of nitrogens with one attached hydrogen (secondary N) is 1. The summed E-state index contributed by atoms with van der Waals surface area (Å²) in [4.78, 5) is 13.4. The quantitative estimate of drug-likeness (QED) is 0.596. The van der Waals surface area contributed by atoms with Gasteiger partial charge < -0.3 is 5.11 Å². The normalized spacial score (nSPS) is 17.2. The standard InChI is InChI=1S/C11H13N3O4S/c15-8-12-4-3-9-1-2-10(11(16)7-9)14-6-5-13-19(14,17)18/h1-2,7,13,16H,3-6H2. The van der Waals surface area contributed by atoms with Gasteiger partial charge in [-0.2, -0.15) is 13.1 Å². The fourth-order valence-corrected chi connectivity index (χ4v) is 3.14. The molecule has 2 rings (SSSR count). The third-order valence-corrected chi connectivity index (χ3v) is 4.30. The molecule has 0 amide bonds. The lowest BCUT2D eigenvalue weighted by atomic mass is 10.1. The van der Waals surface area contributed by atoms with Gasteiger partial charge in [-0.3, -0.25) is 4.31 Å². The van der Waals surface area contributed by atoms with Crippen LogP contribution in [-0.4, -0.2) is 39.2 Å². The molecule has 8 heteroatoms. The van der Waals surface area contributed by atoms with E-state index in [9.17, 15) is 18.3 Å². The van der Waals surface area contributed by atoms with Crippen molar-refractivity contribution in [1.82, 2.24) is 4.72 Å². The van der Waals surface area contributed by atoms with Crippen molar-refractivity contribution >= 4 is 22.0 Å². The van der Waals surface area contributed by atoms with Crippen molar-refractivity contribution in [2.75, 3.05) is 23.9 Å². The zero-order valence-electron chi connectivity index (χ0n) is 10.0. The average molecular weight is 283 g/mol. The number of hydrogen-bond acceptors (Lipinski definition) is 5. The van der Waals surface area contributed by atoms with E-state index in [1.54, 1.807) is 12.1 Å². The van der Waals surface area contributed by atoms with Crippen molar-refractivity contribution in [2.45, 2.75) is 6.42 Å². The first kappa shape index (κ1) is 13.5. The van der Waals surface area contributed by atoms with Gasteiger partial charge in [0.2, 0.25) is 6.08 Å². The van der Waals surface area contributed by atoms with Gasteiger partial charge in [0.05, 0.1) is 12.2 Å². The van der Waals surface area contributed by atoms with Gasteiger partial charge in [-0.05, 0) is 24.1 Å². The van der Waals surface area contributed by atoms with Crippen LogP contribution < -0.4 is 9.03 Å². The highest BCUT2D eigenvalue weighted by Crippen LogP contribution is 2.31. The predicted octanol–water partition coefficient (Wildman–Crippen LogP) is -0.0751. The monoisotopic (exact) mass is 283 g/mol. The molecule has 2 N–H and O–H groups in total. The van der Waals surface area contributed by atoms with E-state index in [4.69, 9.17) is 0 Å². The zero-order chi connectivity index (χ0) is 13.9. The summed E-state index contributed by atoms with van der Waals surface area (Å²) in [6.45, 7) is 0.883. The Labute approximate surface area is 110 Å². The Hall–Kier alpha value is -1.89. The molecule has 1 aromatic rings. The molecule has 1 saturated heterocycles. The number of phenols is 1. The maximum absolute atomic E-state index is 11.7. The van der Waals surface area contributed by atoms with E-state index >= 15 is 0 Å². The molecule has 0 spiro atoms. The van der Waals surface area contributed by atoms with Crippen LogP contribution >= 0.6 is 0 Å². The molecule has 1 aromatic carbocycles. The minimum Gasteiger partial charge on any atom is -0.506 e. The Morgan fingerprint density at radius 1 is 1.47 bits per heavy atom. The lowest BCUT2D eigenvalue weighted by Crippen LogP contribution is -2.29. The number of nitrogens with zero attached hydrogens (tertiary/aromatic N) is 2. The summed E-state index contributed by atoms with van der Waals surface area (Å²) in [6, 6.07) is 4.71. The summed E-state index contributed by atoms with van der Waals surface area (Å²) < 4.78 is 26.8. The zero-order valence-corrected chi connectivity index (χ0v) is 10.9. The van der Waals surface area contributed by atoms with Crippen molar-refractivity contribution in [3.05, 3.63) is 23.8 Å². The number of aromatic hydroxyl groups is 1. The molecule has 0 aliphatic carbocycles. The minimum absolute atomic E-state index is 0.111. The van der Waals surface area contributed by atoms with Crippen molar-refractivity contribution in [3.8, 4) is 5.75 Å². The summed E-state index contributed by atoms with van der Waals surface area (Å²) in [5.41, 5.74) is 1.01. The van der Waals surface area contributed by atoms with Gasteiger partial charge in [0, 0.05) is 13.1 Å². The van der Waals surface area contributed by atoms with E-state index in [0.29, 0.717) is 13.0 Å². The van der Waals surface area contributed by atoms with Crippen molar-refractivity contribution in [2.24, 2.45) is 4.99 Å². The molecule has 19 heavy (non-hydrogen) atoms. The van der Waals surface area contributed by atoms with Crippen LogP contribution in [0.5, 0.6) is 5.75 Å². The molecule has 0 atom stereocenters. The van der Waals surface area contributed by atoms with E-state index in [1.807, 2.05) is 0 Å². The second-order valence-corrected chi connectivity index (χ2v) is 5.70. The Bertz CT molecular complexity index is 623. The van der Waals surface area contributed by atoms with Crippen LogP contribution in [0.2, 0.25) is 0 Å². The van der Waals surface area contributed by atoms with Crippen molar-refractivity contribution in [1.29, 1.82) is 0 Å². The van der Waals surface area contributed by atoms with Gasteiger partial charge in [-0.1, -0.05) is 6.07 Å². The second kappa shape index (κ2) is 5.40. The highest BCUT2D eigenvalue weighted by Gasteiger charge is 2.29. The third kappa shape index (κ3) is 2.93. The van der Waals surface area contributed by atoms with Crippen LogP contribution in [0.1, 0.15) is 5.56 Å². The first-order chi connectivity index (χ1) is 9.04. The van der Waals surface area contributed by atoms with Crippen LogP contribution in [0.15, 0.2) is 23.2 Å². The van der Waals surface area contributed by atoms with E-state index < -0.39 is 10.2 Å². The number of isocyanates is 1. The predicted molar refractivity (Wildman–Crippen MR) is 69.1 cm³/mol.